The van der Waals surface area contributed by atoms with Gasteiger partial charge in [-0.2, -0.15) is 0 Å². The first kappa shape index (κ1) is 24.4. The molecule has 1 aliphatic heterocycles. The maximum atomic E-state index is 12.6. The number of carbonyl (C=O) groups is 3. The standard InChI is InChI=1S/C29H29N3O5/c1-3-31-25-8-6-5-7-23(25)24-16-20(9-14-26(24)31)30-27(33)18-37-29(35)19-15-28(34)32(17-19)21-10-12-22(13-11-21)36-4-2/h5-14,16,19H,3-4,15,17-18H2,1-2H3,(H,30,33)/t19-/m1/s1. The van der Waals surface area contributed by atoms with Crippen molar-refractivity contribution in [3.8, 4) is 5.75 Å². The number of nitrogens with zero attached hydrogens (tertiary/aromatic N) is 2. The zero-order chi connectivity index (χ0) is 25.9. The van der Waals surface area contributed by atoms with Gasteiger partial charge in [0.15, 0.2) is 6.61 Å². The molecule has 5 rings (SSSR count). The van der Waals surface area contributed by atoms with E-state index in [4.69, 9.17) is 9.47 Å². The normalized spacial score (nSPS) is 15.4. The minimum atomic E-state index is -0.622. The molecule has 1 N–H and O–H groups in total. The van der Waals surface area contributed by atoms with Crippen molar-refractivity contribution in [1.29, 1.82) is 0 Å². The van der Waals surface area contributed by atoms with Gasteiger partial charge in [0.1, 0.15) is 5.75 Å². The third kappa shape index (κ3) is 4.87. The second-order valence-electron chi connectivity index (χ2n) is 8.98. The van der Waals surface area contributed by atoms with Gasteiger partial charge in [0.25, 0.3) is 5.91 Å². The molecule has 4 aromatic rings. The van der Waals surface area contributed by atoms with Crippen molar-refractivity contribution in [3.05, 3.63) is 66.7 Å². The fourth-order valence-electron chi connectivity index (χ4n) is 4.93. The molecule has 0 unspecified atom stereocenters. The molecule has 1 atom stereocenters. The van der Waals surface area contributed by atoms with E-state index in [0.717, 1.165) is 34.1 Å². The number of ether oxygens (including phenoxy) is 2. The third-order valence-electron chi connectivity index (χ3n) is 6.64. The van der Waals surface area contributed by atoms with E-state index >= 15 is 0 Å². The molecule has 8 nitrogen and oxygen atoms in total. The summed E-state index contributed by atoms with van der Waals surface area (Å²) in [6.45, 7) is 5.20. The topological polar surface area (TPSA) is 89.9 Å². The van der Waals surface area contributed by atoms with Crippen LogP contribution in [-0.4, -0.2) is 42.1 Å². The summed E-state index contributed by atoms with van der Waals surface area (Å²) in [5.74, 6) is -1.05. The van der Waals surface area contributed by atoms with Crippen LogP contribution in [0.5, 0.6) is 5.75 Å². The van der Waals surface area contributed by atoms with Crippen LogP contribution < -0.4 is 15.0 Å². The van der Waals surface area contributed by atoms with Crippen molar-refractivity contribution in [2.75, 3.05) is 30.0 Å². The summed E-state index contributed by atoms with van der Waals surface area (Å²) in [6, 6.07) is 21.1. The number of benzene rings is 3. The van der Waals surface area contributed by atoms with Gasteiger partial charge < -0.3 is 24.3 Å². The van der Waals surface area contributed by atoms with Gasteiger partial charge in [-0.25, -0.2) is 0 Å². The summed E-state index contributed by atoms with van der Waals surface area (Å²) in [4.78, 5) is 39.2. The Hall–Kier alpha value is -4.33. The lowest BCUT2D eigenvalue weighted by atomic mass is 10.1. The Labute approximate surface area is 214 Å². The number of hydrogen-bond donors (Lipinski definition) is 1. The summed E-state index contributed by atoms with van der Waals surface area (Å²) >= 11 is 0. The van der Waals surface area contributed by atoms with Crippen LogP contribution in [-0.2, 0) is 25.7 Å². The van der Waals surface area contributed by atoms with E-state index in [9.17, 15) is 14.4 Å². The number of anilines is 2. The van der Waals surface area contributed by atoms with Crippen LogP contribution in [0.4, 0.5) is 11.4 Å². The molecule has 1 aliphatic rings. The van der Waals surface area contributed by atoms with E-state index in [2.05, 4.69) is 28.9 Å². The van der Waals surface area contributed by atoms with Crippen molar-refractivity contribution < 1.29 is 23.9 Å². The Balaban J connectivity index is 1.19. The van der Waals surface area contributed by atoms with Crippen LogP contribution in [0.2, 0.25) is 0 Å². The molecule has 2 amide bonds. The van der Waals surface area contributed by atoms with Gasteiger partial charge in [0.2, 0.25) is 5.91 Å². The molecule has 1 aromatic heterocycles. The van der Waals surface area contributed by atoms with Crippen molar-refractivity contribution in [2.45, 2.75) is 26.8 Å². The van der Waals surface area contributed by atoms with Crippen LogP contribution >= 0.6 is 0 Å². The molecule has 0 bridgehead atoms. The number of hydrogen-bond acceptors (Lipinski definition) is 5. The number of fused-ring (bicyclic) bond motifs is 3. The molecular formula is C29H29N3O5. The first-order chi connectivity index (χ1) is 18.0. The first-order valence-electron chi connectivity index (χ1n) is 12.5. The fourth-order valence-corrected chi connectivity index (χ4v) is 4.93. The van der Waals surface area contributed by atoms with Crippen LogP contribution in [0.1, 0.15) is 20.3 Å². The maximum Gasteiger partial charge on any atom is 0.311 e. The van der Waals surface area contributed by atoms with Crippen LogP contribution in [0.15, 0.2) is 66.7 Å². The minimum absolute atomic E-state index is 0.0474. The quantitative estimate of drug-likeness (QED) is 0.354. The number of rotatable bonds is 8. The van der Waals surface area contributed by atoms with Crippen molar-refractivity contribution >= 4 is 51.0 Å². The molecule has 0 saturated carbocycles. The number of para-hydroxylation sites is 1. The SMILES string of the molecule is CCOc1ccc(N2C[C@H](C(=O)OCC(=O)Nc3ccc4c(c3)c3ccccc3n4CC)CC2=O)cc1. The molecule has 1 saturated heterocycles. The summed E-state index contributed by atoms with van der Waals surface area (Å²) in [5.41, 5.74) is 3.56. The Morgan fingerprint density at radius 2 is 1.73 bits per heavy atom. The van der Waals surface area contributed by atoms with Gasteiger partial charge in [-0.05, 0) is 62.4 Å². The number of aromatic nitrogens is 1. The number of carbonyl (C=O) groups excluding carboxylic acids is 3. The molecule has 1 fully saturated rings. The van der Waals surface area contributed by atoms with E-state index in [1.54, 1.807) is 29.2 Å². The second-order valence-corrected chi connectivity index (χ2v) is 8.98. The largest absolute Gasteiger partial charge is 0.494 e. The average molecular weight is 500 g/mol. The first-order valence-corrected chi connectivity index (χ1v) is 12.5. The van der Waals surface area contributed by atoms with Gasteiger partial charge in [-0.1, -0.05) is 18.2 Å². The van der Waals surface area contributed by atoms with Crippen LogP contribution in [0, 0.1) is 5.92 Å². The molecular weight excluding hydrogens is 470 g/mol. The lowest BCUT2D eigenvalue weighted by Crippen LogP contribution is -2.28. The molecule has 3 aromatic carbocycles. The van der Waals surface area contributed by atoms with Crippen LogP contribution in [0.25, 0.3) is 21.8 Å². The predicted molar refractivity (Wildman–Crippen MR) is 143 cm³/mol. The van der Waals surface area contributed by atoms with Crippen molar-refractivity contribution in [1.82, 2.24) is 4.57 Å². The van der Waals surface area contributed by atoms with Crippen molar-refractivity contribution in [2.24, 2.45) is 5.92 Å². The Morgan fingerprint density at radius 3 is 2.49 bits per heavy atom. The lowest BCUT2D eigenvalue weighted by molar-refractivity contribution is -0.151. The Kier molecular flexibility index (Phi) is 6.81. The van der Waals surface area contributed by atoms with E-state index < -0.39 is 24.4 Å². The van der Waals surface area contributed by atoms with E-state index in [1.165, 1.54) is 0 Å². The minimum Gasteiger partial charge on any atom is -0.494 e. The Morgan fingerprint density at radius 1 is 0.973 bits per heavy atom. The van der Waals surface area contributed by atoms with Gasteiger partial charge in [-0.3, -0.25) is 14.4 Å². The fraction of sp³-hybridized carbons (Fsp3) is 0.276. The molecule has 190 valence electrons. The predicted octanol–water partition coefficient (Wildman–Crippen LogP) is 4.75. The monoisotopic (exact) mass is 499 g/mol. The summed E-state index contributed by atoms with van der Waals surface area (Å²) < 4.78 is 12.9. The molecule has 0 aliphatic carbocycles. The van der Waals surface area contributed by atoms with Gasteiger partial charge in [0.05, 0.1) is 12.5 Å². The summed E-state index contributed by atoms with van der Waals surface area (Å²) in [7, 11) is 0. The molecule has 2 heterocycles. The molecule has 0 radical (unpaired) electrons. The number of nitrogens with one attached hydrogen (secondary N) is 1. The van der Waals surface area contributed by atoms with E-state index in [-0.39, 0.29) is 18.9 Å². The highest BCUT2D eigenvalue weighted by atomic mass is 16.5. The van der Waals surface area contributed by atoms with Crippen LogP contribution in [0.3, 0.4) is 0 Å². The molecule has 8 heteroatoms. The highest BCUT2D eigenvalue weighted by Gasteiger charge is 2.36. The third-order valence-corrected chi connectivity index (χ3v) is 6.64. The summed E-state index contributed by atoms with van der Waals surface area (Å²) in [5, 5.41) is 4.98. The molecule has 0 spiro atoms. The number of esters is 1. The zero-order valence-electron chi connectivity index (χ0n) is 20.9. The summed E-state index contributed by atoms with van der Waals surface area (Å²) in [6.07, 6.45) is 0.0474. The van der Waals surface area contributed by atoms with Crippen molar-refractivity contribution in [3.63, 3.8) is 0 Å². The van der Waals surface area contributed by atoms with Gasteiger partial charge in [0, 0.05) is 52.7 Å². The maximum absolute atomic E-state index is 12.6. The number of aryl methyl sites for hydroxylation is 1. The Bertz CT molecular complexity index is 1470. The van der Waals surface area contributed by atoms with E-state index in [1.807, 2.05) is 37.3 Å². The van der Waals surface area contributed by atoms with Gasteiger partial charge >= 0.3 is 5.97 Å². The lowest BCUT2D eigenvalue weighted by Gasteiger charge is -2.17. The highest BCUT2D eigenvalue weighted by molar-refractivity contribution is 6.10. The van der Waals surface area contributed by atoms with Gasteiger partial charge in [-0.15, -0.1) is 0 Å². The average Bonchev–Trinajstić information content (AvgIpc) is 3.45. The second kappa shape index (κ2) is 10.3. The smallest absolute Gasteiger partial charge is 0.311 e. The van der Waals surface area contributed by atoms with E-state index in [0.29, 0.717) is 18.0 Å². The molecule has 37 heavy (non-hydrogen) atoms. The number of amides is 2. The zero-order valence-corrected chi connectivity index (χ0v) is 20.9. The highest BCUT2D eigenvalue weighted by Crippen LogP contribution is 2.31.